The van der Waals surface area contributed by atoms with Gasteiger partial charge in [0.1, 0.15) is 0 Å². The fourth-order valence-corrected chi connectivity index (χ4v) is 2.75. The van der Waals surface area contributed by atoms with E-state index in [4.69, 9.17) is 0 Å². The molecule has 1 unspecified atom stereocenters. The number of rotatable bonds is 16. The van der Waals surface area contributed by atoms with Gasteiger partial charge in [-0.2, -0.15) is 0 Å². The topological polar surface area (TPSA) is 40.1 Å². The summed E-state index contributed by atoms with van der Waals surface area (Å²) in [5, 5.41) is 10.3. The van der Waals surface area contributed by atoms with Gasteiger partial charge in [-0.15, -0.1) is 6.58 Å². The Labute approximate surface area is 170 Å². The number of halogens is 1. The predicted molar refractivity (Wildman–Crippen MR) is 94.8 cm³/mol. The molecular weight excluding hydrogens is 364 g/mol. The Morgan fingerprint density at radius 1 is 0.913 bits per heavy atom. The van der Waals surface area contributed by atoms with Crippen LogP contribution in [0.5, 0.6) is 0 Å². The van der Waals surface area contributed by atoms with Crippen LogP contribution in [0.1, 0.15) is 96.8 Å². The van der Waals surface area contributed by atoms with E-state index in [1.54, 1.807) is 0 Å². The number of unbranched alkanes of at least 4 members (excludes halogenated alkanes) is 9. The number of hydrogen-bond donors (Lipinski definition) is 0. The average Bonchev–Trinajstić information content (AvgIpc) is 2.45. The van der Waals surface area contributed by atoms with E-state index in [0.717, 1.165) is 25.2 Å². The molecule has 4 heteroatoms. The van der Waals surface area contributed by atoms with E-state index >= 15 is 0 Å². The Hall–Kier alpha value is 0.456. The van der Waals surface area contributed by atoms with Crippen LogP contribution in [0, 0.1) is 5.92 Å². The van der Waals surface area contributed by atoms with Gasteiger partial charge in [0.25, 0.3) is 0 Å². The van der Waals surface area contributed by atoms with Gasteiger partial charge in [0.2, 0.25) is 0 Å². The molecule has 2 nitrogen and oxygen atoms in total. The number of carbonyl (C=O) groups excluding carboxylic acids is 1. The van der Waals surface area contributed by atoms with Gasteiger partial charge in [-0.3, -0.25) is 0 Å². The number of hydrogen-bond acceptors (Lipinski definition) is 2. The summed E-state index contributed by atoms with van der Waals surface area (Å²) in [5.74, 6) is -0.118. The maximum absolute atomic E-state index is 10.3. The minimum absolute atomic E-state index is 0. The Balaban J connectivity index is -0.00000200. The van der Waals surface area contributed by atoms with Crippen molar-refractivity contribution in [1.82, 2.24) is 0 Å². The quantitative estimate of drug-likeness (QED) is 0.225. The number of carboxylic acid groups (broad SMARTS) is 1. The summed E-state index contributed by atoms with van der Waals surface area (Å²) in [4.78, 5) is 10.3. The monoisotopic (exact) mass is 398 g/mol. The van der Waals surface area contributed by atoms with E-state index in [1.165, 1.54) is 64.2 Å². The van der Waals surface area contributed by atoms with E-state index < -0.39 is 5.97 Å². The fourth-order valence-electron chi connectivity index (χ4n) is 2.75. The van der Waals surface area contributed by atoms with Crippen LogP contribution in [0.4, 0.5) is 0 Å². The van der Waals surface area contributed by atoms with Gasteiger partial charge in [-0.05, 0) is 31.6 Å². The van der Waals surface area contributed by atoms with Gasteiger partial charge in [-0.25, -0.2) is 0 Å². The summed E-state index contributed by atoms with van der Waals surface area (Å²) in [7, 11) is 0. The minimum Gasteiger partial charge on any atom is -1.00 e. The van der Waals surface area contributed by atoms with Crippen molar-refractivity contribution in [2.75, 3.05) is 0 Å². The van der Waals surface area contributed by atoms with E-state index in [-0.39, 0.29) is 46.5 Å². The summed E-state index contributed by atoms with van der Waals surface area (Å²) < 4.78 is 0. The van der Waals surface area contributed by atoms with Gasteiger partial charge >= 0.3 is 23.1 Å². The van der Waals surface area contributed by atoms with Crippen LogP contribution in [0.25, 0.3) is 0 Å². The van der Waals surface area contributed by atoms with Crippen molar-refractivity contribution in [3.63, 3.8) is 0 Å². The van der Waals surface area contributed by atoms with Crippen LogP contribution in [0.2, 0.25) is 0 Å². The molecule has 0 N–H and O–H groups in total. The first-order chi connectivity index (χ1) is 10.2. The van der Waals surface area contributed by atoms with Crippen molar-refractivity contribution in [1.29, 1.82) is 0 Å². The predicted octanol–water partition coefficient (Wildman–Crippen LogP) is 1.64. The Morgan fingerprint density at radius 3 is 1.83 bits per heavy atom. The van der Waals surface area contributed by atoms with Crippen molar-refractivity contribution in [3.8, 4) is 0 Å². The van der Waals surface area contributed by atoms with Gasteiger partial charge < -0.3 is 26.9 Å². The summed E-state index contributed by atoms with van der Waals surface area (Å²) in [6, 6.07) is 0. The maximum atomic E-state index is 10.3. The molecule has 132 valence electrons. The maximum Gasteiger partial charge on any atom is 2.00 e. The third-order valence-electron chi connectivity index (χ3n) is 4.18. The molecule has 0 amide bonds. The largest absolute Gasteiger partial charge is 2.00 e. The molecule has 23 heavy (non-hydrogen) atoms. The zero-order chi connectivity index (χ0) is 15.8. The summed E-state index contributed by atoms with van der Waals surface area (Å²) in [6.07, 6.45) is 18.5. The second-order valence-corrected chi connectivity index (χ2v) is 6.42. The number of aliphatic carboxylic acids is 1. The van der Waals surface area contributed by atoms with Gasteiger partial charge in [0, 0.05) is 5.97 Å². The van der Waals surface area contributed by atoms with E-state index in [9.17, 15) is 9.90 Å². The van der Waals surface area contributed by atoms with E-state index in [0.29, 0.717) is 0 Å². The molecule has 0 aromatic carbocycles. The molecular formula is C19H35BrMgO2. The Bertz CT molecular complexity index is 260. The number of carboxylic acids is 1. The van der Waals surface area contributed by atoms with Crippen molar-refractivity contribution in [2.45, 2.75) is 96.8 Å². The van der Waals surface area contributed by atoms with Crippen LogP contribution >= 0.6 is 0 Å². The van der Waals surface area contributed by atoms with Crippen molar-refractivity contribution < 1.29 is 26.9 Å². The van der Waals surface area contributed by atoms with Crippen LogP contribution in [0.3, 0.4) is 0 Å². The summed E-state index contributed by atoms with van der Waals surface area (Å²) >= 11 is 0. The second kappa shape index (κ2) is 22.5. The molecule has 0 aliphatic heterocycles. The third-order valence-corrected chi connectivity index (χ3v) is 4.18. The molecule has 0 spiro atoms. The molecule has 0 radical (unpaired) electrons. The van der Waals surface area contributed by atoms with Gasteiger partial charge in [0.15, 0.2) is 0 Å². The Kier molecular flexibility index (Phi) is 27.6. The van der Waals surface area contributed by atoms with Gasteiger partial charge in [0.05, 0.1) is 0 Å². The van der Waals surface area contributed by atoms with Crippen LogP contribution < -0.4 is 22.1 Å². The van der Waals surface area contributed by atoms with Crippen LogP contribution in [0.15, 0.2) is 12.7 Å². The second-order valence-electron chi connectivity index (χ2n) is 6.42. The fraction of sp³-hybridized carbons (Fsp3) is 0.842. The zero-order valence-corrected chi connectivity index (χ0v) is 18.2. The molecule has 0 aromatic rings. The minimum atomic E-state index is -0.910. The van der Waals surface area contributed by atoms with E-state index in [1.807, 2.05) is 6.08 Å². The number of carbonyl (C=O) groups is 1. The van der Waals surface area contributed by atoms with Gasteiger partial charge in [-0.1, -0.05) is 77.2 Å². The molecule has 0 aromatic heterocycles. The average molecular weight is 400 g/mol. The summed E-state index contributed by atoms with van der Waals surface area (Å²) in [6.45, 7) is 6.07. The molecule has 0 bridgehead atoms. The smallest absolute Gasteiger partial charge is 1.00 e. The molecule has 0 saturated heterocycles. The van der Waals surface area contributed by atoms with Crippen LogP contribution in [-0.2, 0) is 4.79 Å². The summed E-state index contributed by atoms with van der Waals surface area (Å²) in [5.41, 5.74) is 0. The molecule has 0 aliphatic carbocycles. The Morgan fingerprint density at radius 2 is 1.35 bits per heavy atom. The standard InChI is InChI=1S/C19H36O2.BrH.Mg/c1-3-4-5-6-7-8-9-10-12-15-18(2)16-13-11-14-17-19(20)21;;/h3,18H,1,4-17H2,2H3,(H,20,21);1H;/q;;+2/p-2. The van der Waals surface area contributed by atoms with Crippen LogP contribution in [-0.4, -0.2) is 29.0 Å². The normalized spacial score (nSPS) is 11.2. The molecule has 0 aliphatic rings. The number of allylic oxidation sites excluding steroid dienone is 1. The van der Waals surface area contributed by atoms with Crippen molar-refractivity contribution in [3.05, 3.63) is 12.7 Å². The molecule has 0 fully saturated rings. The molecule has 0 heterocycles. The third kappa shape index (κ3) is 24.8. The first-order valence-electron chi connectivity index (χ1n) is 8.97. The van der Waals surface area contributed by atoms with Crippen molar-refractivity contribution >= 4 is 29.0 Å². The SMILES string of the molecule is C=CCCCCCCCCCC(C)CCCCCC(=O)[O-].[Br-].[Mg+2]. The van der Waals surface area contributed by atoms with E-state index in [2.05, 4.69) is 13.5 Å². The molecule has 0 rings (SSSR count). The molecule has 1 atom stereocenters. The first-order valence-corrected chi connectivity index (χ1v) is 8.97. The van der Waals surface area contributed by atoms with Crippen molar-refractivity contribution in [2.24, 2.45) is 5.92 Å². The zero-order valence-electron chi connectivity index (χ0n) is 15.2. The molecule has 0 saturated carbocycles. The first kappa shape index (κ1) is 28.3.